The molecule has 1 aromatic rings. The minimum absolute atomic E-state index is 0.0525. The molecule has 0 bridgehead atoms. The molecule has 1 aliphatic heterocycles. The SMILES string of the molecule is CCN(C)C(=O)N[C@H]1C[C@H](CCN2CCN(c3cccc(Cl)c3Cl)CC2)C1. The van der Waals surface area contributed by atoms with Gasteiger partial charge in [-0.05, 0) is 50.8 Å². The van der Waals surface area contributed by atoms with Crippen molar-refractivity contribution in [1.29, 1.82) is 0 Å². The van der Waals surface area contributed by atoms with Crippen molar-refractivity contribution in [2.45, 2.75) is 32.2 Å². The molecule has 0 aromatic heterocycles. The molecule has 1 aliphatic carbocycles. The van der Waals surface area contributed by atoms with Crippen molar-refractivity contribution in [2.75, 3.05) is 51.2 Å². The Bertz CT molecular complexity index is 643. The Balaban J connectivity index is 1.34. The van der Waals surface area contributed by atoms with Crippen LogP contribution in [-0.2, 0) is 0 Å². The first-order valence-corrected chi connectivity index (χ1v) is 10.7. The molecule has 1 heterocycles. The number of carbonyl (C=O) groups is 1. The Labute approximate surface area is 172 Å². The summed E-state index contributed by atoms with van der Waals surface area (Å²) < 4.78 is 0. The van der Waals surface area contributed by atoms with Crippen LogP contribution < -0.4 is 10.2 Å². The molecular formula is C20H30Cl2N4O. The number of hydrogen-bond donors (Lipinski definition) is 1. The number of halogens is 2. The van der Waals surface area contributed by atoms with Crippen molar-refractivity contribution in [3.05, 3.63) is 28.2 Å². The molecule has 0 atom stereocenters. The van der Waals surface area contributed by atoms with Gasteiger partial charge in [0.05, 0.1) is 15.7 Å². The highest BCUT2D eigenvalue weighted by Gasteiger charge is 2.31. The van der Waals surface area contributed by atoms with Crippen LogP contribution >= 0.6 is 23.2 Å². The molecule has 0 unspecified atom stereocenters. The fraction of sp³-hybridized carbons (Fsp3) is 0.650. The number of carbonyl (C=O) groups excluding carboxylic acids is 1. The summed E-state index contributed by atoms with van der Waals surface area (Å²) in [5, 5.41) is 4.39. The Kier molecular flexibility index (Phi) is 7.12. The lowest BCUT2D eigenvalue weighted by Gasteiger charge is -2.40. The number of benzene rings is 1. The predicted molar refractivity (Wildman–Crippen MR) is 113 cm³/mol. The highest BCUT2D eigenvalue weighted by Crippen LogP contribution is 2.33. The average Bonchev–Trinajstić information content (AvgIpc) is 2.65. The van der Waals surface area contributed by atoms with E-state index in [2.05, 4.69) is 15.1 Å². The lowest BCUT2D eigenvalue weighted by molar-refractivity contribution is 0.159. The van der Waals surface area contributed by atoms with E-state index in [9.17, 15) is 4.79 Å². The van der Waals surface area contributed by atoms with Gasteiger partial charge in [-0.3, -0.25) is 4.90 Å². The molecule has 7 heteroatoms. The third-order valence-corrected chi connectivity index (χ3v) is 6.69. The summed E-state index contributed by atoms with van der Waals surface area (Å²) in [5.74, 6) is 0.739. The Hall–Kier alpha value is -1.17. The second-order valence-corrected chi connectivity index (χ2v) is 8.47. The highest BCUT2D eigenvalue weighted by molar-refractivity contribution is 6.43. The fourth-order valence-corrected chi connectivity index (χ4v) is 4.25. The third-order valence-electron chi connectivity index (χ3n) is 5.88. The van der Waals surface area contributed by atoms with E-state index in [1.165, 1.54) is 6.42 Å². The zero-order chi connectivity index (χ0) is 19.4. The molecule has 1 N–H and O–H groups in total. The molecule has 1 saturated heterocycles. The zero-order valence-electron chi connectivity index (χ0n) is 16.3. The number of amides is 2. The smallest absolute Gasteiger partial charge is 0.317 e. The van der Waals surface area contributed by atoms with Crippen molar-refractivity contribution >= 4 is 34.9 Å². The number of nitrogens with one attached hydrogen (secondary N) is 1. The fourth-order valence-electron chi connectivity index (χ4n) is 3.83. The van der Waals surface area contributed by atoms with Crippen LogP contribution in [0.5, 0.6) is 0 Å². The van der Waals surface area contributed by atoms with Gasteiger partial charge in [-0.15, -0.1) is 0 Å². The summed E-state index contributed by atoms with van der Waals surface area (Å²) in [5.41, 5.74) is 1.04. The van der Waals surface area contributed by atoms with E-state index in [1.54, 1.807) is 4.90 Å². The number of anilines is 1. The summed E-state index contributed by atoms with van der Waals surface area (Å²) >= 11 is 12.5. The second-order valence-electron chi connectivity index (χ2n) is 7.69. The lowest BCUT2D eigenvalue weighted by Crippen LogP contribution is -2.50. The first kappa shape index (κ1) is 20.6. The van der Waals surface area contributed by atoms with Crippen molar-refractivity contribution in [2.24, 2.45) is 5.92 Å². The summed E-state index contributed by atoms with van der Waals surface area (Å²) in [6, 6.07) is 6.25. The largest absolute Gasteiger partial charge is 0.368 e. The van der Waals surface area contributed by atoms with Gasteiger partial charge in [-0.1, -0.05) is 29.3 Å². The number of piperazine rings is 1. The quantitative estimate of drug-likeness (QED) is 0.768. The van der Waals surface area contributed by atoms with Crippen molar-refractivity contribution in [3.8, 4) is 0 Å². The summed E-state index contributed by atoms with van der Waals surface area (Å²) in [6.07, 6.45) is 3.44. The first-order chi connectivity index (χ1) is 13.0. The molecule has 150 valence electrons. The third kappa shape index (κ3) is 5.21. The molecule has 2 fully saturated rings. The topological polar surface area (TPSA) is 38.8 Å². The Morgan fingerprint density at radius 2 is 1.93 bits per heavy atom. The summed E-state index contributed by atoms with van der Waals surface area (Å²) in [4.78, 5) is 18.4. The van der Waals surface area contributed by atoms with E-state index in [1.807, 2.05) is 32.2 Å². The van der Waals surface area contributed by atoms with Gasteiger partial charge in [0, 0.05) is 45.8 Å². The maximum Gasteiger partial charge on any atom is 0.317 e. The van der Waals surface area contributed by atoms with Crippen LogP contribution in [0.15, 0.2) is 18.2 Å². The second kappa shape index (κ2) is 9.35. The number of rotatable bonds is 6. The number of hydrogen-bond acceptors (Lipinski definition) is 3. The van der Waals surface area contributed by atoms with Crippen LogP contribution in [0.4, 0.5) is 10.5 Å². The van der Waals surface area contributed by atoms with Crippen LogP contribution in [-0.4, -0.2) is 68.2 Å². The Morgan fingerprint density at radius 1 is 1.22 bits per heavy atom. The Morgan fingerprint density at radius 3 is 2.59 bits per heavy atom. The van der Waals surface area contributed by atoms with Crippen molar-refractivity contribution in [3.63, 3.8) is 0 Å². The van der Waals surface area contributed by atoms with Gasteiger partial charge in [0.15, 0.2) is 0 Å². The van der Waals surface area contributed by atoms with Crippen LogP contribution in [0.1, 0.15) is 26.2 Å². The van der Waals surface area contributed by atoms with Crippen LogP contribution in [0.2, 0.25) is 10.0 Å². The molecule has 1 saturated carbocycles. The average molecular weight is 413 g/mol. The van der Waals surface area contributed by atoms with E-state index >= 15 is 0 Å². The molecule has 3 rings (SSSR count). The van der Waals surface area contributed by atoms with E-state index in [0.29, 0.717) is 16.1 Å². The summed E-state index contributed by atoms with van der Waals surface area (Å²) in [6.45, 7) is 7.93. The number of nitrogens with zero attached hydrogens (tertiary/aromatic N) is 3. The number of urea groups is 1. The highest BCUT2D eigenvalue weighted by atomic mass is 35.5. The molecule has 27 heavy (non-hydrogen) atoms. The first-order valence-electron chi connectivity index (χ1n) is 9.90. The normalized spacial score (nSPS) is 23.0. The van der Waals surface area contributed by atoms with Gasteiger partial charge in [0.1, 0.15) is 0 Å². The van der Waals surface area contributed by atoms with Gasteiger partial charge in [0.25, 0.3) is 0 Å². The molecule has 1 aromatic carbocycles. The maximum atomic E-state index is 11.9. The molecule has 2 aliphatic rings. The monoisotopic (exact) mass is 412 g/mol. The van der Waals surface area contributed by atoms with Crippen LogP contribution in [0, 0.1) is 5.92 Å². The summed E-state index contributed by atoms with van der Waals surface area (Å²) in [7, 11) is 1.84. The van der Waals surface area contributed by atoms with E-state index in [0.717, 1.165) is 63.7 Å². The predicted octanol–water partition coefficient (Wildman–Crippen LogP) is 3.95. The van der Waals surface area contributed by atoms with Crippen LogP contribution in [0.3, 0.4) is 0 Å². The molecule has 0 spiro atoms. The molecule has 2 amide bonds. The van der Waals surface area contributed by atoms with Gasteiger partial charge in [-0.2, -0.15) is 0 Å². The standard InChI is InChI=1S/C20H30Cl2N4O/c1-3-24(2)20(27)23-16-13-15(14-16)7-8-25-9-11-26(12-10-25)18-6-4-5-17(21)19(18)22/h4-6,15-16H,3,7-14H2,1-2H3,(H,23,27)/t15-,16-. The van der Waals surface area contributed by atoms with E-state index in [4.69, 9.17) is 23.2 Å². The molecule has 5 nitrogen and oxygen atoms in total. The lowest BCUT2D eigenvalue weighted by atomic mass is 9.78. The zero-order valence-corrected chi connectivity index (χ0v) is 17.8. The molecular weight excluding hydrogens is 383 g/mol. The minimum Gasteiger partial charge on any atom is -0.368 e. The van der Waals surface area contributed by atoms with Crippen molar-refractivity contribution in [1.82, 2.24) is 15.1 Å². The van der Waals surface area contributed by atoms with E-state index < -0.39 is 0 Å². The van der Waals surface area contributed by atoms with Gasteiger partial charge in [0.2, 0.25) is 0 Å². The van der Waals surface area contributed by atoms with Crippen molar-refractivity contribution < 1.29 is 4.79 Å². The minimum atomic E-state index is 0.0525. The van der Waals surface area contributed by atoms with Gasteiger partial charge in [-0.25, -0.2) is 4.79 Å². The van der Waals surface area contributed by atoms with Crippen LogP contribution in [0.25, 0.3) is 0 Å². The van der Waals surface area contributed by atoms with Gasteiger partial charge >= 0.3 is 6.03 Å². The molecule has 0 radical (unpaired) electrons. The van der Waals surface area contributed by atoms with E-state index in [-0.39, 0.29) is 6.03 Å². The maximum absolute atomic E-state index is 11.9. The van der Waals surface area contributed by atoms with Gasteiger partial charge < -0.3 is 15.1 Å².